The zero-order valence-corrected chi connectivity index (χ0v) is 14.8. The summed E-state index contributed by atoms with van der Waals surface area (Å²) in [7, 11) is -3.46. The lowest BCUT2D eigenvalue weighted by molar-refractivity contribution is -0.139. The summed E-state index contributed by atoms with van der Waals surface area (Å²) >= 11 is 0. The van der Waals surface area contributed by atoms with Crippen LogP contribution >= 0.6 is 0 Å². The summed E-state index contributed by atoms with van der Waals surface area (Å²) in [5, 5.41) is 0. The van der Waals surface area contributed by atoms with Gasteiger partial charge in [0.05, 0.1) is 17.1 Å². The van der Waals surface area contributed by atoms with Crippen LogP contribution in [0.4, 0.5) is 0 Å². The van der Waals surface area contributed by atoms with E-state index in [0.717, 1.165) is 32.1 Å². The minimum atomic E-state index is -3.46. The number of rotatable bonds is 2. The molecular formula is C18H25NO4S. The van der Waals surface area contributed by atoms with Crippen LogP contribution in [-0.2, 0) is 32.3 Å². The van der Waals surface area contributed by atoms with E-state index in [1.54, 1.807) is 10.4 Å². The fourth-order valence-corrected chi connectivity index (χ4v) is 5.63. The molecule has 2 heterocycles. The van der Waals surface area contributed by atoms with Crippen LogP contribution in [0.2, 0.25) is 0 Å². The number of ether oxygens (including phenoxy) is 2. The van der Waals surface area contributed by atoms with Gasteiger partial charge in [-0.15, -0.1) is 0 Å². The van der Waals surface area contributed by atoms with Crippen molar-refractivity contribution in [2.45, 2.75) is 49.0 Å². The zero-order valence-electron chi connectivity index (χ0n) is 14.0. The molecule has 0 amide bonds. The Kier molecular flexibility index (Phi) is 4.41. The number of aryl methyl sites for hydroxylation is 2. The number of fused-ring (bicyclic) bond motifs is 1. The molecule has 0 radical (unpaired) electrons. The van der Waals surface area contributed by atoms with E-state index in [0.29, 0.717) is 37.8 Å². The van der Waals surface area contributed by atoms with Crippen LogP contribution in [0.1, 0.15) is 36.8 Å². The monoisotopic (exact) mass is 351 g/mol. The molecular weight excluding hydrogens is 326 g/mol. The quantitative estimate of drug-likeness (QED) is 0.819. The van der Waals surface area contributed by atoms with Crippen molar-refractivity contribution in [2.75, 3.05) is 32.9 Å². The van der Waals surface area contributed by atoms with Gasteiger partial charge in [0.15, 0.2) is 0 Å². The Labute approximate surface area is 144 Å². The summed E-state index contributed by atoms with van der Waals surface area (Å²) in [6, 6.07) is 5.69. The van der Waals surface area contributed by atoms with Gasteiger partial charge in [0, 0.05) is 39.1 Å². The van der Waals surface area contributed by atoms with Gasteiger partial charge >= 0.3 is 0 Å². The third-order valence-corrected chi connectivity index (χ3v) is 7.42. The number of morpholine rings is 1. The van der Waals surface area contributed by atoms with E-state index in [9.17, 15) is 8.42 Å². The average Bonchev–Trinajstić information content (AvgIpc) is 2.62. The molecule has 0 saturated carbocycles. The van der Waals surface area contributed by atoms with Crippen LogP contribution in [-0.4, -0.2) is 51.2 Å². The highest BCUT2D eigenvalue weighted by molar-refractivity contribution is 7.89. The maximum absolute atomic E-state index is 13.1. The molecule has 2 fully saturated rings. The van der Waals surface area contributed by atoms with Crippen LogP contribution in [0.15, 0.2) is 23.1 Å². The third kappa shape index (κ3) is 3.01. The molecule has 1 spiro atoms. The SMILES string of the molecule is O=S(=O)(c1ccc2c(c1)CCCC2)N1CCOC2(CCOCC2)C1. The maximum atomic E-state index is 13.1. The van der Waals surface area contributed by atoms with Crippen molar-refractivity contribution < 1.29 is 17.9 Å². The molecule has 1 aromatic carbocycles. The predicted octanol–water partition coefficient (Wildman–Crippen LogP) is 2.14. The molecule has 0 aromatic heterocycles. The molecule has 4 rings (SSSR count). The lowest BCUT2D eigenvalue weighted by Gasteiger charge is -2.44. The Balaban J connectivity index is 1.60. The van der Waals surface area contributed by atoms with E-state index < -0.39 is 10.0 Å². The van der Waals surface area contributed by atoms with Crippen molar-refractivity contribution in [1.29, 1.82) is 0 Å². The van der Waals surface area contributed by atoms with E-state index in [2.05, 4.69) is 0 Å². The average molecular weight is 351 g/mol. The fourth-order valence-electron chi connectivity index (χ4n) is 4.08. The highest BCUT2D eigenvalue weighted by Crippen LogP contribution is 2.32. The Morgan fingerprint density at radius 1 is 1.00 bits per heavy atom. The van der Waals surface area contributed by atoms with Crippen molar-refractivity contribution >= 4 is 10.0 Å². The highest BCUT2D eigenvalue weighted by Gasteiger charge is 2.42. The van der Waals surface area contributed by atoms with E-state index in [-0.39, 0.29) is 5.60 Å². The normalized spacial score (nSPS) is 24.7. The molecule has 0 unspecified atom stereocenters. The Bertz CT molecular complexity index is 704. The van der Waals surface area contributed by atoms with E-state index in [1.807, 2.05) is 12.1 Å². The summed E-state index contributed by atoms with van der Waals surface area (Å²) in [6.07, 6.45) is 5.94. The minimum Gasteiger partial charge on any atom is -0.381 e. The van der Waals surface area contributed by atoms with E-state index in [4.69, 9.17) is 9.47 Å². The maximum Gasteiger partial charge on any atom is 0.243 e. The van der Waals surface area contributed by atoms with Gasteiger partial charge in [0.1, 0.15) is 0 Å². The Morgan fingerprint density at radius 2 is 1.75 bits per heavy atom. The van der Waals surface area contributed by atoms with E-state index in [1.165, 1.54) is 17.5 Å². The first kappa shape index (κ1) is 16.5. The molecule has 3 aliphatic rings. The van der Waals surface area contributed by atoms with Gasteiger partial charge < -0.3 is 9.47 Å². The Hall–Kier alpha value is -0.950. The topological polar surface area (TPSA) is 55.8 Å². The Morgan fingerprint density at radius 3 is 2.54 bits per heavy atom. The van der Waals surface area contributed by atoms with Crippen molar-refractivity contribution in [2.24, 2.45) is 0 Å². The third-order valence-electron chi connectivity index (χ3n) is 5.58. The van der Waals surface area contributed by atoms with E-state index >= 15 is 0 Å². The van der Waals surface area contributed by atoms with Crippen LogP contribution in [0, 0.1) is 0 Å². The second kappa shape index (κ2) is 6.41. The molecule has 5 nitrogen and oxygen atoms in total. The first-order valence-corrected chi connectivity index (χ1v) is 10.4. The molecule has 6 heteroatoms. The first-order chi connectivity index (χ1) is 11.6. The number of hydrogen-bond donors (Lipinski definition) is 0. The van der Waals surface area contributed by atoms with Crippen molar-refractivity contribution in [3.63, 3.8) is 0 Å². The summed E-state index contributed by atoms with van der Waals surface area (Å²) in [5.74, 6) is 0. The molecule has 0 atom stereocenters. The highest BCUT2D eigenvalue weighted by atomic mass is 32.2. The molecule has 0 N–H and O–H groups in total. The molecule has 1 aromatic rings. The number of hydrogen-bond acceptors (Lipinski definition) is 4. The summed E-state index contributed by atoms with van der Waals surface area (Å²) in [6.45, 7) is 2.63. The number of nitrogens with zero attached hydrogens (tertiary/aromatic N) is 1. The van der Waals surface area contributed by atoms with Crippen molar-refractivity contribution in [3.8, 4) is 0 Å². The second-order valence-electron chi connectivity index (χ2n) is 7.12. The van der Waals surface area contributed by atoms with Gasteiger partial charge in [-0.3, -0.25) is 0 Å². The van der Waals surface area contributed by atoms with Gasteiger partial charge in [-0.2, -0.15) is 4.31 Å². The van der Waals surface area contributed by atoms with Crippen LogP contribution in [0.3, 0.4) is 0 Å². The molecule has 2 saturated heterocycles. The lowest BCUT2D eigenvalue weighted by Crippen LogP contribution is -2.55. The molecule has 1 aliphatic carbocycles. The summed E-state index contributed by atoms with van der Waals surface area (Å²) in [4.78, 5) is 0.437. The summed E-state index contributed by atoms with van der Waals surface area (Å²) < 4.78 is 39.3. The minimum absolute atomic E-state index is 0.363. The van der Waals surface area contributed by atoms with Crippen molar-refractivity contribution in [1.82, 2.24) is 4.31 Å². The van der Waals surface area contributed by atoms with Gasteiger partial charge in [-0.25, -0.2) is 8.42 Å². The second-order valence-corrected chi connectivity index (χ2v) is 9.06. The molecule has 132 valence electrons. The smallest absolute Gasteiger partial charge is 0.243 e. The largest absolute Gasteiger partial charge is 0.381 e. The number of benzene rings is 1. The fraction of sp³-hybridized carbons (Fsp3) is 0.667. The van der Waals surface area contributed by atoms with Gasteiger partial charge in [0.25, 0.3) is 0 Å². The van der Waals surface area contributed by atoms with Gasteiger partial charge in [-0.1, -0.05) is 6.07 Å². The number of sulfonamides is 1. The predicted molar refractivity (Wildman–Crippen MR) is 90.6 cm³/mol. The summed E-state index contributed by atoms with van der Waals surface area (Å²) in [5.41, 5.74) is 2.15. The zero-order chi connectivity index (χ0) is 16.6. The molecule has 24 heavy (non-hydrogen) atoms. The van der Waals surface area contributed by atoms with Crippen molar-refractivity contribution in [3.05, 3.63) is 29.3 Å². The van der Waals surface area contributed by atoms with Crippen LogP contribution in [0.5, 0.6) is 0 Å². The van der Waals surface area contributed by atoms with Crippen LogP contribution in [0.25, 0.3) is 0 Å². The molecule has 0 bridgehead atoms. The lowest BCUT2D eigenvalue weighted by atomic mass is 9.92. The molecule has 2 aliphatic heterocycles. The van der Waals surface area contributed by atoms with Crippen LogP contribution < -0.4 is 0 Å². The standard InChI is InChI=1S/C18H25NO4S/c20-24(21,17-6-5-15-3-1-2-4-16(15)13-17)19-9-12-23-18(14-19)7-10-22-11-8-18/h5-6,13H,1-4,7-12,14H2. The van der Waals surface area contributed by atoms with Gasteiger partial charge in [0.2, 0.25) is 10.0 Å². The first-order valence-electron chi connectivity index (χ1n) is 8.93. The van der Waals surface area contributed by atoms with Gasteiger partial charge in [-0.05, 0) is 48.9 Å².